The summed E-state index contributed by atoms with van der Waals surface area (Å²) in [4.78, 5) is 11.0. The van der Waals surface area contributed by atoms with Crippen LogP contribution < -0.4 is 4.74 Å². The van der Waals surface area contributed by atoms with Crippen molar-refractivity contribution in [2.24, 2.45) is 5.41 Å². The van der Waals surface area contributed by atoms with E-state index in [1.54, 1.807) is 6.07 Å². The zero-order chi connectivity index (χ0) is 13.8. The van der Waals surface area contributed by atoms with Gasteiger partial charge >= 0.3 is 0 Å². The van der Waals surface area contributed by atoms with Crippen LogP contribution in [0.1, 0.15) is 38.1 Å². The molecule has 0 aliphatic heterocycles. The maximum Gasteiger partial charge on any atom is 0.162 e. The molecule has 0 aromatic heterocycles. The van der Waals surface area contributed by atoms with Gasteiger partial charge in [0.25, 0.3) is 0 Å². The van der Waals surface area contributed by atoms with E-state index in [1.165, 1.54) is 19.1 Å². The second-order valence-corrected chi connectivity index (χ2v) is 5.04. The van der Waals surface area contributed by atoms with Crippen molar-refractivity contribution >= 4 is 5.78 Å². The number of ketones is 1. The van der Waals surface area contributed by atoms with E-state index in [0.717, 1.165) is 0 Å². The summed E-state index contributed by atoms with van der Waals surface area (Å²) in [5.41, 5.74) is -0.00395. The van der Waals surface area contributed by atoms with Crippen LogP contribution >= 0.6 is 0 Å². The van der Waals surface area contributed by atoms with Crippen molar-refractivity contribution < 1.29 is 13.9 Å². The Bertz CT molecular complexity index is 501. The van der Waals surface area contributed by atoms with Crippen LogP contribution in [-0.4, -0.2) is 12.4 Å². The van der Waals surface area contributed by atoms with Gasteiger partial charge < -0.3 is 4.74 Å². The van der Waals surface area contributed by atoms with Crippen molar-refractivity contribution in [1.29, 1.82) is 0 Å². The average molecular weight is 248 g/mol. The molecule has 3 heteroatoms. The third kappa shape index (κ3) is 4.58. The van der Waals surface area contributed by atoms with Crippen molar-refractivity contribution in [3.63, 3.8) is 0 Å². The molecule has 0 aliphatic rings. The number of ether oxygens (including phenoxy) is 1. The molecule has 1 aromatic rings. The minimum absolute atomic E-state index is 0.0723. The predicted octanol–water partition coefficient (Wildman–Crippen LogP) is 3.46. The molecular weight excluding hydrogens is 231 g/mol. The van der Waals surface area contributed by atoms with E-state index in [9.17, 15) is 9.18 Å². The first kappa shape index (κ1) is 14.2. The first-order valence-corrected chi connectivity index (χ1v) is 5.73. The van der Waals surface area contributed by atoms with Gasteiger partial charge in [-0.25, -0.2) is 4.39 Å². The molecule has 96 valence electrons. The van der Waals surface area contributed by atoms with Gasteiger partial charge in [0.15, 0.2) is 5.78 Å². The first-order chi connectivity index (χ1) is 8.29. The summed E-state index contributed by atoms with van der Waals surface area (Å²) in [6.45, 7) is 7.54. The lowest BCUT2D eigenvalue weighted by Crippen LogP contribution is -2.02. The van der Waals surface area contributed by atoms with Gasteiger partial charge in [0.05, 0.1) is 5.56 Å². The van der Waals surface area contributed by atoms with Gasteiger partial charge in [-0.3, -0.25) is 4.79 Å². The normalized spacial score (nSPS) is 10.5. The molecule has 0 aliphatic carbocycles. The fourth-order valence-corrected chi connectivity index (χ4v) is 1.29. The molecule has 0 saturated carbocycles. The van der Waals surface area contributed by atoms with E-state index in [0.29, 0.717) is 5.75 Å². The van der Waals surface area contributed by atoms with Crippen LogP contribution in [-0.2, 0) is 0 Å². The zero-order valence-corrected chi connectivity index (χ0v) is 11.1. The Morgan fingerprint density at radius 3 is 2.56 bits per heavy atom. The van der Waals surface area contributed by atoms with E-state index in [-0.39, 0.29) is 23.4 Å². The van der Waals surface area contributed by atoms with Gasteiger partial charge in [-0.1, -0.05) is 11.8 Å². The van der Waals surface area contributed by atoms with E-state index >= 15 is 0 Å². The van der Waals surface area contributed by atoms with Crippen molar-refractivity contribution in [2.75, 3.05) is 6.61 Å². The molecule has 0 N–H and O–H groups in total. The topological polar surface area (TPSA) is 26.3 Å². The standard InChI is InChI=1S/C15H17FO2/c1-11(17)13-7-6-12(10-14(13)16)18-9-5-8-15(2,3)4/h6-7,10H,9H2,1-4H3. The van der Waals surface area contributed by atoms with Crippen LogP contribution in [0.2, 0.25) is 0 Å². The van der Waals surface area contributed by atoms with Gasteiger partial charge in [-0.15, -0.1) is 0 Å². The number of halogens is 1. The van der Waals surface area contributed by atoms with Crippen molar-refractivity contribution in [3.05, 3.63) is 29.6 Å². The molecule has 0 unspecified atom stereocenters. The van der Waals surface area contributed by atoms with Crippen molar-refractivity contribution in [2.45, 2.75) is 27.7 Å². The first-order valence-electron chi connectivity index (χ1n) is 5.73. The summed E-state index contributed by atoms with van der Waals surface area (Å²) in [6.07, 6.45) is 0. The predicted molar refractivity (Wildman–Crippen MR) is 69.1 cm³/mol. The van der Waals surface area contributed by atoms with Crippen LogP contribution in [0.25, 0.3) is 0 Å². The van der Waals surface area contributed by atoms with Gasteiger partial charge in [-0.2, -0.15) is 0 Å². The minimum Gasteiger partial charge on any atom is -0.481 e. The molecule has 0 saturated heterocycles. The molecule has 0 radical (unpaired) electrons. The maximum absolute atomic E-state index is 13.5. The van der Waals surface area contributed by atoms with Gasteiger partial charge in [0, 0.05) is 11.5 Å². The number of Topliss-reactive ketones (excluding diaryl/α,β-unsaturated/α-hetero) is 1. The van der Waals surface area contributed by atoms with E-state index in [1.807, 2.05) is 20.8 Å². The average Bonchev–Trinajstić information content (AvgIpc) is 2.22. The molecule has 0 heterocycles. The smallest absolute Gasteiger partial charge is 0.162 e. The second-order valence-electron chi connectivity index (χ2n) is 5.04. The lowest BCUT2D eigenvalue weighted by molar-refractivity contribution is 0.101. The molecule has 0 amide bonds. The summed E-state index contributed by atoms with van der Waals surface area (Å²) in [6, 6.07) is 4.19. The van der Waals surface area contributed by atoms with Crippen molar-refractivity contribution in [3.8, 4) is 17.6 Å². The molecule has 18 heavy (non-hydrogen) atoms. The summed E-state index contributed by atoms with van der Waals surface area (Å²) in [5, 5.41) is 0. The van der Waals surface area contributed by atoms with Crippen LogP contribution in [0, 0.1) is 23.1 Å². The molecule has 0 spiro atoms. The lowest BCUT2D eigenvalue weighted by Gasteiger charge is -2.07. The SMILES string of the molecule is CC(=O)c1ccc(OCC#CC(C)(C)C)cc1F. The summed E-state index contributed by atoms with van der Waals surface area (Å²) < 4.78 is 18.8. The van der Waals surface area contributed by atoms with E-state index in [4.69, 9.17) is 4.74 Å². The number of carbonyl (C=O) groups is 1. The Morgan fingerprint density at radius 1 is 1.39 bits per heavy atom. The molecular formula is C15H17FO2. The number of benzene rings is 1. The Labute approximate surface area is 107 Å². The molecule has 1 aromatic carbocycles. The second kappa shape index (κ2) is 5.68. The summed E-state index contributed by atoms with van der Waals surface area (Å²) in [5.74, 6) is 5.39. The van der Waals surface area contributed by atoms with Gasteiger partial charge in [-0.05, 0) is 39.8 Å². The monoisotopic (exact) mass is 248 g/mol. The third-order valence-electron chi connectivity index (χ3n) is 2.09. The number of hydrogen-bond donors (Lipinski definition) is 0. The molecule has 0 bridgehead atoms. The molecule has 0 atom stereocenters. The number of rotatable bonds is 3. The summed E-state index contributed by atoms with van der Waals surface area (Å²) >= 11 is 0. The summed E-state index contributed by atoms with van der Waals surface area (Å²) in [7, 11) is 0. The number of carbonyl (C=O) groups excluding carboxylic acids is 1. The highest BCUT2D eigenvalue weighted by atomic mass is 19.1. The van der Waals surface area contributed by atoms with Crippen LogP contribution in [0.5, 0.6) is 5.75 Å². The van der Waals surface area contributed by atoms with Gasteiger partial charge in [0.1, 0.15) is 18.2 Å². The van der Waals surface area contributed by atoms with Crippen molar-refractivity contribution in [1.82, 2.24) is 0 Å². The highest BCUT2D eigenvalue weighted by Gasteiger charge is 2.08. The van der Waals surface area contributed by atoms with E-state index < -0.39 is 5.82 Å². The molecule has 0 fully saturated rings. The van der Waals surface area contributed by atoms with Gasteiger partial charge in [0.2, 0.25) is 0 Å². The largest absolute Gasteiger partial charge is 0.481 e. The minimum atomic E-state index is -0.566. The van der Waals surface area contributed by atoms with E-state index in [2.05, 4.69) is 11.8 Å². The Morgan fingerprint density at radius 2 is 2.06 bits per heavy atom. The molecule has 2 nitrogen and oxygen atoms in total. The fourth-order valence-electron chi connectivity index (χ4n) is 1.29. The zero-order valence-electron chi connectivity index (χ0n) is 11.1. The third-order valence-corrected chi connectivity index (χ3v) is 2.09. The van der Waals surface area contributed by atoms with Crippen LogP contribution in [0.4, 0.5) is 4.39 Å². The highest BCUT2D eigenvalue weighted by molar-refractivity contribution is 5.94. The Balaban J connectivity index is 2.67. The Kier molecular flexibility index (Phi) is 4.49. The van der Waals surface area contributed by atoms with Crippen LogP contribution in [0.15, 0.2) is 18.2 Å². The Hall–Kier alpha value is -1.82. The quantitative estimate of drug-likeness (QED) is 0.605. The fraction of sp³-hybridized carbons (Fsp3) is 0.400. The maximum atomic E-state index is 13.5. The lowest BCUT2D eigenvalue weighted by atomic mass is 9.98. The number of hydrogen-bond acceptors (Lipinski definition) is 2. The highest BCUT2D eigenvalue weighted by Crippen LogP contribution is 2.17. The molecule has 1 rings (SSSR count). The van der Waals surface area contributed by atoms with Crippen LogP contribution in [0.3, 0.4) is 0 Å².